The Morgan fingerprint density at radius 1 is 0.444 bits per heavy atom. The maximum Gasteiger partial charge on any atom is 0.234 e. The number of aromatic nitrogens is 8. The number of hydrogen-bond donors (Lipinski definition) is 1. The number of rotatable bonds is 6. The van der Waals surface area contributed by atoms with Crippen LogP contribution in [0, 0.1) is 0 Å². The average molecular weight is 990 g/mol. The summed E-state index contributed by atoms with van der Waals surface area (Å²) in [6.45, 7) is 43.0. The van der Waals surface area contributed by atoms with Gasteiger partial charge >= 0.3 is 0 Å². The zero-order valence-corrected chi connectivity index (χ0v) is 46.3. The van der Waals surface area contributed by atoms with Crippen LogP contribution in [0.5, 0.6) is 0 Å². The first-order valence-electron chi connectivity index (χ1n) is 27.1. The zero-order chi connectivity index (χ0) is 51.7. The number of carbonyl (C=O) groups is 1. The molecule has 11 rings (SSSR count). The lowest BCUT2D eigenvalue weighted by Gasteiger charge is -2.30. The SMILES string of the molecule is CC(C)N1CCCNC(=O)C1.CC(C)N1CCc2cccnc2C1.CC(C)N1CCn2ccnc2C1.CC(C)N1CCn2ccnc2C1.CC(C)N1CCn2ncnc2C1.CC(C)N1Cc2ccccc2C1. The van der Waals surface area contributed by atoms with Crippen molar-refractivity contribution in [2.24, 2.45) is 0 Å². The molecule has 1 saturated heterocycles. The highest BCUT2D eigenvalue weighted by molar-refractivity contribution is 5.78. The predicted octanol–water partition coefficient (Wildman–Crippen LogP) is 7.19. The van der Waals surface area contributed by atoms with E-state index in [2.05, 4.69) is 195 Å². The van der Waals surface area contributed by atoms with E-state index in [1.165, 1.54) is 40.6 Å². The third-order valence-electron chi connectivity index (χ3n) is 14.7. The van der Waals surface area contributed by atoms with Gasteiger partial charge < -0.3 is 14.5 Å². The van der Waals surface area contributed by atoms with Gasteiger partial charge in [-0.1, -0.05) is 30.3 Å². The molecule has 0 spiro atoms. The summed E-state index contributed by atoms with van der Waals surface area (Å²) in [5.41, 5.74) is 5.71. The highest BCUT2D eigenvalue weighted by Gasteiger charge is 2.23. The first kappa shape index (κ1) is 56.5. The summed E-state index contributed by atoms with van der Waals surface area (Å²) in [6, 6.07) is 16.6. The molecule has 5 aromatic rings. The van der Waals surface area contributed by atoms with Crippen LogP contribution in [-0.2, 0) is 70.1 Å². The summed E-state index contributed by atoms with van der Waals surface area (Å²) < 4.78 is 6.46. The van der Waals surface area contributed by atoms with Crippen molar-refractivity contribution < 1.29 is 4.79 Å². The van der Waals surface area contributed by atoms with Gasteiger partial charge in [-0.05, 0) is 119 Å². The van der Waals surface area contributed by atoms with E-state index in [4.69, 9.17) is 0 Å². The molecule has 1 amide bonds. The third kappa shape index (κ3) is 16.9. The van der Waals surface area contributed by atoms with Gasteiger partial charge in [-0.2, -0.15) is 5.10 Å². The Morgan fingerprint density at radius 3 is 1.47 bits per heavy atom. The number of imidazole rings is 2. The predicted molar refractivity (Wildman–Crippen MR) is 290 cm³/mol. The quantitative estimate of drug-likeness (QED) is 0.185. The Bertz CT molecular complexity index is 2180. The van der Waals surface area contributed by atoms with E-state index in [0.29, 0.717) is 42.8 Å². The molecular formula is C56H91N15O. The van der Waals surface area contributed by atoms with E-state index < -0.39 is 0 Å². The van der Waals surface area contributed by atoms with E-state index in [9.17, 15) is 4.79 Å². The molecule has 0 aliphatic carbocycles. The van der Waals surface area contributed by atoms with Crippen molar-refractivity contribution in [3.63, 3.8) is 0 Å². The van der Waals surface area contributed by atoms with Crippen LogP contribution in [0.3, 0.4) is 0 Å². The summed E-state index contributed by atoms with van der Waals surface area (Å²) in [4.78, 5) is 42.7. The van der Waals surface area contributed by atoms with Gasteiger partial charge in [-0.3, -0.25) is 39.2 Å². The van der Waals surface area contributed by atoms with Crippen LogP contribution in [0.25, 0.3) is 0 Å². The van der Waals surface area contributed by atoms with Gasteiger partial charge in [0.1, 0.15) is 23.8 Å². The van der Waals surface area contributed by atoms with Crippen molar-refractivity contribution in [3.05, 3.63) is 114 Å². The fraction of sp³-hybridized carbons (Fsp3) is 0.643. The van der Waals surface area contributed by atoms with Crippen LogP contribution in [-0.4, -0.2) is 156 Å². The van der Waals surface area contributed by atoms with Crippen molar-refractivity contribution in [1.82, 2.24) is 73.6 Å². The van der Waals surface area contributed by atoms with Crippen molar-refractivity contribution in [3.8, 4) is 0 Å². The smallest absolute Gasteiger partial charge is 0.234 e. The molecule has 396 valence electrons. The lowest BCUT2D eigenvalue weighted by Crippen LogP contribution is -2.38. The fourth-order valence-corrected chi connectivity index (χ4v) is 9.60. The monoisotopic (exact) mass is 990 g/mol. The maximum atomic E-state index is 11.0. The minimum atomic E-state index is 0.163. The minimum absolute atomic E-state index is 0.163. The van der Waals surface area contributed by atoms with Crippen molar-refractivity contribution in [2.45, 2.75) is 191 Å². The van der Waals surface area contributed by atoms with Crippen LogP contribution in [0.15, 0.2) is 73.7 Å². The summed E-state index contributed by atoms with van der Waals surface area (Å²) in [7, 11) is 0. The number of fused-ring (bicyclic) bond motifs is 5. The van der Waals surface area contributed by atoms with Crippen LogP contribution >= 0.6 is 0 Å². The molecule has 16 nitrogen and oxygen atoms in total. The number of pyridine rings is 1. The van der Waals surface area contributed by atoms with Crippen LogP contribution < -0.4 is 5.32 Å². The van der Waals surface area contributed by atoms with Crippen LogP contribution in [0.1, 0.15) is 129 Å². The molecule has 6 aliphatic heterocycles. The van der Waals surface area contributed by atoms with Crippen LogP contribution in [0.2, 0.25) is 0 Å². The van der Waals surface area contributed by atoms with E-state index in [1.807, 2.05) is 29.3 Å². The average Bonchev–Trinajstić information content (AvgIpc) is 4.21. The first-order chi connectivity index (χ1) is 34.6. The molecule has 0 bridgehead atoms. The number of nitrogens with zero attached hydrogens (tertiary/aromatic N) is 14. The molecule has 4 aromatic heterocycles. The second-order valence-electron chi connectivity index (χ2n) is 21.6. The van der Waals surface area contributed by atoms with Crippen molar-refractivity contribution in [1.29, 1.82) is 0 Å². The standard InChI is InChI=1S/C11H16N2.C11H15N.2C9H15N3.C8H14N4.C8H16N2O/c1-9(2)13-7-5-10-4-3-6-12-11(10)8-13;1-9(2)12-7-10-5-3-4-6-11(10)8-12;2*1-8(2)12-6-5-11-4-3-10-9(11)7-12;1-7(2)11-3-4-12-8(5-11)9-6-10-12;1-7(2)10-5-3-4-9-8(11)6-10/h3-4,6,9H,5,7-8H2,1-2H3;3-6,9H,7-8H2,1-2H3;2*3-4,8H,5-7H2,1-2H3;6-7H,3-5H2,1-2H3;7H,3-6H2,1-2H3,(H,9,11). The van der Waals surface area contributed by atoms with E-state index in [0.717, 1.165) is 110 Å². The number of hydrogen-bond acceptors (Lipinski definition) is 12. The fourth-order valence-electron chi connectivity index (χ4n) is 9.60. The number of amides is 1. The highest BCUT2D eigenvalue weighted by atomic mass is 16.2. The largest absolute Gasteiger partial charge is 0.355 e. The molecule has 10 heterocycles. The molecule has 1 fully saturated rings. The number of carbonyl (C=O) groups excluding carboxylic acids is 1. The maximum absolute atomic E-state index is 11.0. The highest BCUT2D eigenvalue weighted by Crippen LogP contribution is 2.24. The first-order valence-corrected chi connectivity index (χ1v) is 27.1. The molecule has 0 radical (unpaired) electrons. The zero-order valence-electron chi connectivity index (χ0n) is 46.3. The molecule has 0 saturated carbocycles. The Balaban J connectivity index is 0.000000141. The van der Waals surface area contributed by atoms with E-state index in [1.54, 1.807) is 6.33 Å². The van der Waals surface area contributed by atoms with Crippen molar-refractivity contribution >= 4 is 5.91 Å². The summed E-state index contributed by atoms with van der Waals surface area (Å²) in [6.07, 6.45) is 13.7. The Labute approximate surface area is 433 Å². The molecule has 6 aliphatic rings. The minimum Gasteiger partial charge on any atom is -0.355 e. The second kappa shape index (κ2) is 28.0. The Kier molecular flexibility index (Phi) is 22.0. The molecule has 72 heavy (non-hydrogen) atoms. The summed E-state index contributed by atoms with van der Waals surface area (Å²) in [5.74, 6) is 3.66. The van der Waals surface area contributed by atoms with Crippen molar-refractivity contribution in [2.75, 3.05) is 45.8 Å². The van der Waals surface area contributed by atoms with Gasteiger partial charge in [0.25, 0.3) is 0 Å². The Morgan fingerprint density at radius 2 is 0.931 bits per heavy atom. The van der Waals surface area contributed by atoms with Gasteiger partial charge in [-0.15, -0.1) is 0 Å². The van der Waals surface area contributed by atoms with E-state index >= 15 is 0 Å². The number of benzene rings is 1. The van der Waals surface area contributed by atoms with Gasteiger partial charge in [0.05, 0.1) is 38.4 Å². The molecule has 1 aromatic carbocycles. The Hall–Kier alpha value is -4.84. The van der Waals surface area contributed by atoms with Gasteiger partial charge in [0, 0.05) is 139 Å². The van der Waals surface area contributed by atoms with Gasteiger partial charge in [0.15, 0.2) is 0 Å². The molecular weight excluding hydrogens is 899 g/mol. The lowest BCUT2D eigenvalue weighted by molar-refractivity contribution is -0.121. The molecule has 16 heteroatoms. The van der Waals surface area contributed by atoms with E-state index in [-0.39, 0.29) is 5.91 Å². The molecule has 0 atom stereocenters. The number of nitrogens with one attached hydrogen (secondary N) is 1. The second-order valence-corrected chi connectivity index (χ2v) is 21.6. The lowest BCUT2D eigenvalue weighted by atomic mass is 10.0. The van der Waals surface area contributed by atoms with Crippen LogP contribution in [0.4, 0.5) is 0 Å². The topological polar surface area (TPSA) is 128 Å². The molecule has 1 N–H and O–H groups in total. The van der Waals surface area contributed by atoms with Gasteiger partial charge in [0.2, 0.25) is 5.91 Å². The summed E-state index contributed by atoms with van der Waals surface area (Å²) in [5, 5.41) is 6.98. The molecule has 0 unspecified atom stereocenters. The summed E-state index contributed by atoms with van der Waals surface area (Å²) >= 11 is 0. The normalized spacial score (nSPS) is 18.4. The van der Waals surface area contributed by atoms with Gasteiger partial charge in [-0.25, -0.2) is 19.6 Å². The third-order valence-corrected chi connectivity index (χ3v) is 14.7.